The van der Waals surface area contributed by atoms with Gasteiger partial charge in [0.25, 0.3) is 0 Å². The van der Waals surface area contributed by atoms with Gasteiger partial charge in [-0.05, 0) is 83.5 Å². The van der Waals surface area contributed by atoms with E-state index in [-0.39, 0.29) is 18.5 Å². The molecule has 0 saturated carbocycles. The number of aliphatic hydroxyl groups is 2. The van der Waals surface area contributed by atoms with Crippen molar-refractivity contribution >= 4 is 11.9 Å². The lowest BCUT2D eigenvalue weighted by Crippen LogP contribution is -2.45. The monoisotopic (exact) mass is 1360 g/mol. The summed E-state index contributed by atoms with van der Waals surface area (Å²) < 4.78 is 5.51. The van der Waals surface area contributed by atoms with Crippen LogP contribution in [0.25, 0.3) is 0 Å². The second-order valence-electron chi connectivity index (χ2n) is 30.9. The van der Waals surface area contributed by atoms with E-state index in [1.807, 2.05) is 0 Å². The number of unbranched alkanes of at least 4 members (excludes halogenated alkanes) is 68. The number of rotatable bonds is 85. The van der Waals surface area contributed by atoms with Gasteiger partial charge in [0.05, 0.1) is 25.4 Å². The summed E-state index contributed by atoms with van der Waals surface area (Å²) in [6.45, 7) is 5.01. The highest BCUT2D eigenvalue weighted by molar-refractivity contribution is 5.76. The molecule has 0 aromatic heterocycles. The van der Waals surface area contributed by atoms with E-state index in [9.17, 15) is 19.8 Å². The first-order valence-corrected chi connectivity index (χ1v) is 44.7. The van der Waals surface area contributed by atoms with E-state index in [2.05, 4.69) is 55.6 Å². The molecule has 0 aliphatic heterocycles. The van der Waals surface area contributed by atoms with Crippen LogP contribution in [-0.4, -0.2) is 47.4 Å². The van der Waals surface area contributed by atoms with E-state index in [1.54, 1.807) is 0 Å². The lowest BCUT2D eigenvalue weighted by molar-refractivity contribution is -0.143. The van der Waals surface area contributed by atoms with E-state index in [1.165, 1.54) is 424 Å². The predicted octanol–water partition coefficient (Wildman–Crippen LogP) is 30.1. The zero-order valence-electron chi connectivity index (χ0n) is 66.1. The summed E-state index contributed by atoms with van der Waals surface area (Å²) in [5.74, 6) is -0.0117. The number of nitrogens with one attached hydrogen (secondary N) is 1. The van der Waals surface area contributed by atoms with Crippen molar-refractivity contribution in [2.75, 3.05) is 13.2 Å². The highest BCUT2D eigenvalue weighted by Crippen LogP contribution is 2.21. The maximum absolute atomic E-state index is 12.6. The van der Waals surface area contributed by atoms with Gasteiger partial charge in [-0.2, -0.15) is 0 Å². The van der Waals surface area contributed by atoms with Crippen LogP contribution in [0.1, 0.15) is 508 Å². The highest BCUT2D eigenvalue weighted by Gasteiger charge is 2.20. The maximum Gasteiger partial charge on any atom is 0.305 e. The van der Waals surface area contributed by atoms with Crippen molar-refractivity contribution in [1.29, 1.82) is 0 Å². The second-order valence-corrected chi connectivity index (χ2v) is 30.9. The van der Waals surface area contributed by atoms with E-state index in [0.717, 1.165) is 51.4 Å². The SMILES string of the molecule is CCCCCCCCC/C=C\CCCCCCCC(=O)OCCCCCCCCCCCCCCCCC/C=C\C/C=C\CCCCCCCCCCCCCCCCCCCC(=O)NC(CO)C(O)CCCCCCCCCCCCCCCCCCCCCCCCCCC. The minimum Gasteiger partial charge on any atom is -0.466 e. The Morgan fingerprint density at radius 2 is 0.515 bits per heavy atom. The number of hydrogen-bond acceptors (Lipinski definition) is 5. The fraction of sp³-hybridized carbons (Fsp3) is 0.912. The lowest BCUT2D eigenvalue weighted by Gasteiger charge is -2.22. The Balaban J connectivity index is 3.35. The van der Waals surface area contributed by atoms with Crippen LogP contribution in [0.3, 0.4) is 0 Å². The molecule has 0 rings (SSSR count). The Morgan fingerprint density at radius 3 is 0.794 bits per heavy atom. The zero-order valence-corrected chi connectivity index (χ0v) is 66.1. The van der Waals surface area contributed by atoms with Crippen LogP contribution in [0.4, 0.5) is 0 Å². The molecule has 0 bridgehead atoms. The molecule has 0 spiro atoms. The first-order valence-electron chi connectivity index (χ1n) is 44.7. The van der Waals surface area contributed by atoms with Crippen LogP contribution < -0.4 is 5.32 Å². The average molecular weight is 1360 g/mol. The molecule has 0 aliphatic rings. The summed E-state index contributed by atoms with van der Waals surface area (Å²) in [5, 5.41) is 23.5. The minimum atomic E-state index is -0.664. The third-order valence-corrected chi connectivity index (χ3v) is 21.2. The number of aliphatic hydroxyl groups excluding tert-OH is 2. The Kier molecular flexibility index (Phi) is 84.8. The Morgan fingerprint density at radius 1 is 0.289 bits per heavy atom. The van der Waals surface area contributed by atoms with Gasteiger partial charge in [0.15, 0.2) is 0 Å². The lowest BCUT2D eigenvalue weighted by atomic mass is 10.0. The van der Waals surface area contributed by atoms with Gasteiger partial charge in [0.2, 0.25) is 5.91 Å². The topological polar surface area (TPSA) is 95.9 Å². The summed E-state index contributed by atoms with van der Waals surface area (Å²) in [6.07, 6.45) is 114. The molecule has 0 fully saturated rings. The van der Waals surface area contributed by atoms with Gasteiger partial charge in [-0.3, -0.25) is 9.59 Å². The van der Waals surface area contributed by atoms with Crippen molar-refractivity contribution in [3.63, 3.8) is 0 Å². The summed E-state index contributed by atoms with van der Waals surface area (Å²) in [4.78, 5) is 24.7. The number of carbonyl (C=O) groups excluding carboxylic acids is 2. The predicted molar refractivity (Wildman–Crippen MR) is 430 cm³/mol. The number of ether oxygens (including phenoxy) is 1. The Labute approximate surface area is 608 Å². The van der Waals surface area contributed by atoms with Crippen LogP contribution in [0.2, 0.25) is 0 Å². The highest BCUT2D eigenvalue weighted by atomic mass is 16.5. The fourth-order valence-electron chi connectivity index (χ4n) is 14.4. The molecule has 0 aromatic rings. The van der Waals surface area contributed by atoms with Crippen molar-refractivity contribution in [3.05, 3.63) is 36.5 Å². The van der Waals surface area contributed by atoms with Gasteiger partial charge in [-0.25, -0.2) is 0 Å². The first kappa shape index (κ1) is 95.1. The quantitative estimate of drug-likeness (QED) is 0.0320. The summed E-state index contributed by atoms with van der Waals surface area (Å²) in [5.41, 5.74) is 0. The molecule has 2 atom stereocenters. The van der Waals surface area contributed by atoms with Crippen LogP contribution in [-0.2, 0) is 14.3 Å². The molecule has 0 saturated heterocycles. The van der Waals surface area contributed by atoms with Crippen molar-refractivity contribution in [2.24, 2.45) is 0 Å². The zero-order chi connectivity index (χ0) is 69.8. The molecule has 6 nitrogen and oxygen atoms in total. The third-order valence-electron chi connectivity index (χ3n) is 21.2. The van der Waals surface area contributed by atoms with Gasteiger partial charge in [-0.15, -0.1) is 0 Å². The van der Waals surface area contributed by atoms with Gasteiger partial charge in [-0.1, -0.05) is 448 Å². The molecule has 97 heavy (non-hydrogen) atoms. The van der Waals surface area contributed by atoms with E-state index >= 15 is 0 Å². The largest absolute Gasteiger partial charge is 0.466 e. The summed E-state index contributed by atoms with van der Waals surface area (Å²) in [7, 11) is 0. The van der Waals surface area contributed by atoms with Crippen molar-refractivity contribution in [1.82, 2.24) is 5.32 Å². The maximum atomic E-state index is 12.6. The van der Waals surface area contributed by atoms with Gasteiger partial charge in [0, 0.05) is 12.8 Å². The van der Waals surface area contributed by atoms with E-state index in [0.29, 0.717) is 25.9 Å². The molecule has 2 unspecified atom stereocenters. The van der Waals surface area contributed by atoms with Gasteiger partial charge >= 0.3 is 5.97 Å². The number of carbonyl (C=O) groups is 2. The molecular weight excluding hydrogens is 1190 g/mol. The second kappa shape index (κ2) is 86.5. The van der Waals surface area contributed by atoms with E-state index in [4.69, 9.17) is 4.74 Å². The Bertz CT molecular complexity index is 1570. The smallest absolute Gasteiger partial charge is 0.305 e. The van der Waals surface area contributed by atoms with Crippen LogP contribution >= 0.6 is 0 Å². The minimum absolute atomic E-state index is 0.0139. The molecule has 1 amide bonds. The summed E-state index contributed by atoms with van der Waals surface area (Å²) in [6, 6.07) is -0.541. The van der Waals surface area contributed by atoms with Crippen LogP contribution in [0.5, 0.6) is 0 Å². The first-order chi connectivity index (χ1) is 48.0. The standard InChI is InChI=1S/C91H175NO5/c1-3-5-7-9-11-13-15-17-19-21-22-23-24-40-43-46-49-52-55-59-63-67-71-75-79-83-89(94)88(87-93)92-90(95)84-80-76-72-68-64-60-56-53-50-47-44-41-38-36-34-32-30-28-26-25-27-29-31-33-35-37-39-42-45-48-51-54-58-62-66-70-74-78-82-86-97-91(96)85-81-77-73-69-65-61-57-20-18-16-14-12-10-8-6-4-2/h20,25-26,29,31,57,88-89,93-94H,3-19,21-24,27-28,30,32-56,58-87H2,1-2H3,(H,92,95)/b26-25-,31-29-,57-20-. The molecule has 0 aliphatic carbocycles. The molecular formula is C91H175NO5. The number of allylic oxidation sites excluding steroid dienone is 6. The van der Waals surface area contributed by atoms with Crippen LogP contribution in [0, 0.1) is 0 Å². The third kappa shape index (κ3) is 82.9. The van der Waals surface area contributed by atoms with Crippen molar-refractivity contribution in [2.45, 2.75) is 520 Å². The number of hydrogen-bond donors (Lipinski definition) is 3. The molecule has 574 valence electrons. The Hall–Kier alpha value is -1.92. The molecule has 6 heteroatoms. The number of esters is 1. The molecule has 3 N–H and O–H groups in total. The van der Waals surface area contributed by atoms with Crippen molar-refractivity contribution in [3.8, 4) is 0 Å². The van der Waals surface area contributed by atoms with E-state index < -0.39 is 12.1 Å². The summed E-state index contributed by atoms with van der Waals surface area (Å²) >= 11 is 0. The van der Waals surface area contributed by atoms with Gasteiger partial charge in [0.1, 0.15) is 0 Å². The average Bonchev–Trinajstić information content (AvgIpc) is 3.72. The molecule has 0 radical (unpaired) electrons. The van der Waals surface area contributed by atoms with Crippen LogP contribution in [0.15, 0.2) is 36.5 Å². The molecule has 0 heterocycles. The normalized spacial score (nSPS) is 12.6. The van der Waals surface area contributed by atoms with Crippen molar-refractivity contribution < 1.29 is 24.5 Å². The van der Waals surface area contributed by atoms with Gasteiger partial charge < -0.3 is 20.3 Å². The molecule has 0 aromatic carbocycles. The number of amides is 1. The fourth-order valence-corrected chi connectivity index (χ4v) is 14.4.